The first kappa shape index (κ1) is 14.6. The molecule has 1 heterocycles. The van der Waals surface area contributed by atoms with Gasteiger partial charge in [0, 0.05) is 26.7 Å². The lowest BCUT2D eigenvalue weighted by atomic mass is 9.98. The van der Waals surface area contributed by atoms with Crippen LogP contribution in [-0.2, 0) is 0 Å². The van der Waals surface area contributed by atoms with Crippen molar-refractivity contribution in [3.63, 3.8) is 0 Å². The van der Waals surface area contributed by atoms with Crippen LogP contribution in [0.25, 0.3) is 43.7 Å². The first-order chi connectivity index (χ1) is 12.3. The average molecular weight is 339 g/mol. The van der Waals surface area contributed by atoms with Gasteiger partial charge in [0.15, 0.2) is 0 Å². The zero-order chi connectivity index (χ0) is 16.8. The third-order valence-corrected chi connectivity index (χ3v) is 5.70. The molecule has 0 saturated heterocycles. The van der Waals surface area contributed by atoms with Gasteiger partial charge in [0.2, 0.25) is 0 Å². The third kappa shape index (κ3) is 2.25. The fourth-order valence-electron chi connectivity index (χ4n) is 3.72. The van der Waals surface area contributed by atoms with Crippen molar-refractivity contribution in [2.45, 2.75) is 4.90 Å². The molecule has 25 heavy (non-hydrogen) atoms. The van der Waals surface area contributed by atoms with Crippen LogP contribution in [0.1, 0.15) is 0 Å². The van der Waals surface area contributed by atoms with Crippen LogP contribution in [-0.4, -0.2) is 11.2 Å². The van der Waals surface area contributed by atoms with Crippen LogP contribution in [0.3, 0.4) is 0 Å². The van der Waals surface area contributed by atoms with Gasteiger partial charge in [0.25, 0.3) is 0 Å². The summed E-state index contributed by atoms with van der Waals surface area (Å²) in [6.07, 6.45) is 2.14. The molecule has 0 atom stereocenters. The van der Waals surface area contributed by atoms with E-state index in [4.69, 9.17) is 0 Å². The summed E-state index contributed by atoms with van der Waals surface area (Å²) < 4.78 is 0. The Morgan fingerprint density at radius 1 is 0.720 bits per heavy atom. The lowest BCUT2D eigenvalue weighted by molar-refractivity contribution is 1.45. The van der Waals surface area contributed by atoms with Gasteiger partial charge in [-0.15, -0.1) is 11.8 Å². The number of hydrogen-bond acceptors (Lipinski definition) is 1. The molecule has 1 aromatic heterocycles. The molecule has 0 spiro atoms. The quantitative estimate of drug-likeness (QED) is 0.347. The molecule has 0 fully saturated rings. The van der Waals surface area contributed by atoms with Crippen molar-refractivity contribution in [3.8, 4) is 11.1 Å². The maximum atomic E-state index is 3.55. The van der Waals surface area contributed by atoms with Crippen molar-refractivity contribution in [2.24, 2.45) is 0 Å². The van der Waals surface area contributed by atoms with Crippen molar-refractivity contribution in [3.05, 3.63) is 78.9 Å². The minimum Gasteiger partial charge on any atom is -0.354 e. The summed E-state index contributed by atoms with van der Waals surface area (Å²) in [7, 11) is 0. The summed E-state index contributed by atoms with van der Waals surface area (Å²) in [6, 6.07) is 28.4. The number of hydrogen-bond donors (Lipinski definition) is 1. The van der Waals surface area contributed by atoms with Gasteiger partial charge in [0.05, 0.1) is 0 Å². The number of H-pyrrole nitrogens is 1. The van der Waals surface area contributed by atoms with E-state index in [1.165, 1.54) is 48.6 Å². The van der Waals surface area contributed by atoms with Crippen LogP contribution < -0.4 is 0 Å². The van der Waals surface area contributed by atoms with Crippen LogP contribution >= 0.6 is 11.8 Å². The molecule has 2 heteroatoms. The molecule has 0 radical (unpaired) electrons. The first-order valence-corrected chi connectivity index (χ1v) is 9.64. The molecular formula is C23H17NS. The van der Waals surface area contributed by atoms with E-state index >= 15 is 0 Å². The summed E-state index contributed by atoms with van der Waals surface area (Å²) in [5.74, 6) is 0. The lowest BCUT2D eigenvalue weighted by Gasteiger charge is -2.09. The number of fused-ring (bicyclic) bond motifs is 5. The van der Waals surface area contributed by atoms with Crippen molar-refractivity contribution in [1.29, 1.82) is 0 Å². The summed E-state index contributed by atoms with van der Waals surface area (Å²) in [5, 5.41) is 5.20. The van der Waals surface area contributed by atoms with Gasteiger partial charge in [-0.2, -0.15) is 0 Å². The zero-order valence-electron chi connectivity index (χ0n) is 13.9. The highest BCUT2D eigenvalue weighted by Gasteiger charge is 2.10. The second kappa shape index (κ2) is 5.68. The highest BCUT2D eigenvalue weighted by molar-refractivity contribution is 7.98. The summed E-state index contributed by atoms with van der Waals surface area (Å²) in [4.78, 5) is 4.86. The Labute approximate surface area is 150 Å². The number of para-hydroxylation sites is 1. The number of nitrogens with one attached hydrogen (secondary N) is 1. The second-order valence-electron chi connectivity index (χ2n) is 6.29. The van der Waals surface area contributed by atoms with E-state index in [0.29, 0.717) is 0 Å². The fraction of sp³-hybridized carbons (Fsp3) is 0.0435. The van der Waals surface area contributed by atoms with Crippen LogP contribution in [0.15, 0.2) is 83.8 Å². The Kier molecular flexibility index (Phi) is 3.32. The van der Waals surface area contributed by atoms with Crippen molar-refractivity contribution >= 4 is 44.3 Å². The Morgan fingerprint density at radius 2 is 1.52 bits per heavy atom. The van der Waals surface area contributed by atoms with Gasteiger partial charge in [-0.25, -0.2) is 0 Å². The maximum Gasteiger partial charge on any atom is 0.0471 e. The van der Waals surface area contributed by atoms with Crippen LogP contribution in [0.2, 0.25) is 0 Å². The van der Waals surface area contributed by atoms with E-state index < -0.39 is 0 Å². The smallest absolute Gasteiger partial charge is 0.0471 e. The minimum atomic E-state index is 1.19. The molecule has 0 unspecified atom stereocenters. The molecule has 5 aromatic rings. The Hall–Kier alpha value is -2.71. The minimum absolute atomic E-state index is 1.19. The van der Waals surface area contributed by atoms with E-state index in [1.807, 2.05) is 0 Å². The van der Waals surface area contributed by atoms with Gasteiger partial charge >= 0.3 is 0 Å². The third-order valence-electron chi connectivity index (χ3n) is 4.91. The fourth-order valence-corrected chi connectivity index (χ4v) is 4.34. The zero-order valence-corrected chi connectivity index (χ0v) is 14.7. The number of benzene rings is 4. The van der Waals surface area contributed by atoms with Crippen LogP contribution in [0.5, 0.6) is 0 Å². The van der Waals surface area contributed by atoms with Crippen molar-refractivity contribution < 1.29 is 0 Å². The van der Waals surface area contributed by atoms with Crippen molar-refractivity contribution in [2.75, 3.05) is 6.26 Å². The molecular weight excluding hydrogens is 322 g/mol. The number of aromatic nitrogens is 1. The molecule has 0 aliphatic heterocycles. The normalized spacial score (nSPS) is 11.6. The summed E-state index contributed by atoms with van der Waals surface area (Å²) in [5.41, 5.74) is 4.97. The largest absolute Gasteiger partial charge is 0.354 e. The standard InChI is InChI=1S/C23H17NS/c1-25-22-9-5-3-6-17(22)16-11-10-15-12-13-21-23(19(15)14-16)18-7-2-4-8-20(18)24-21/h2-14,24H,1H3. The number of rotatable bonds is 2. The molecule has 5 rings (SSSR count). The maximum absolute atomic E-state index is 3.55. The van der Waals surface area contributed by atoms with Gasteiger partial charge in [-0.3, -0.25) is 0 Å². The van der Waals surface area contributed by atoms with Crippen molar-refractivity contribution in [1.82, 2.24) is 4.98 Å². The highest BCUT2D eigenvalue weighted by Crippen LogP contribution is 2.36. The van der Waals surface area contributed by atoms with Gasteiger partial charge < -0.3 is 4.98 Å². The molecule has 0 saturated carbocycles. The monoisotopic (exact) mass is 339 g/mol. The lowest BCUT2D eigenvalue weighted by Crippen LogP contribution is -1.83. The van der Waals surface area contributed by atoms with Gasteiger partial charge in [0.1, 0.15) is 0 Å². The predicted octanol–water partition coefficient (Wildman–Crippen LogP) is 6.86. The van der Waals surface area contributed by atoms with E-state index in [-0.39, 0.29) is 0 Å². The summed E-state index contributed by atoms with van der Waals surface area (Å²) in [6.45, 7) is 0. The molecule has 120 valence electrons. The average Bonchev–Trinajstić information content (AvgIpc) is 3.06. The molecule has 1 N–H and O–H groups in total. The molecule has 1 nitrogen and oxygen atoms in total. The summed E-state index contributed by atoms with van der Waals surface area (Å²) >= 11 is 1.80. The highest BCUT2D eigenvalue weighted by atomic mass is 32.2. The van der Waals surface area contributed by atoms with Gasteiger partial charge in [-0.05, 0) is 52.4 Å². The first-order valence-electron chi connectivity index (χ1n) is 8.42. The topological polar surface area (TPSA) is 15.8 Å². The number of aromatic amines is 1. The molecule has 0 aliphatic rings. The van der Waals surface area contributed by atoms with Crippen LogP contribution in [0, 0.1) is 0 Å². The molecule has 4 aromatic carbocycles. The second-order valence-corrected chi connectivity index (χ2v) is 7.14. The predicted molar refractivity (Wildman–Crippen MR) is 111 cm³/mol. The van der Waals surface area contributed by atoms with Crippen LogP contribution in [0.4, 0.5) is 0 Å². The number of thioether (sulfide) groups is 1. The SMILES string of the molecule is CSc1ccccc1-c1ccc2ccc3[nH]c4ccccc4c3c2c1. The van der Waals surface area contributed by atoms with E-state index in [1.54, 1.807) is 11.8 Å². The van der Waals surface area contributed by atoms with Gasteiger partial charge in [-0.1, -0.05) is 54.6 Å². The Balaban J connectivity index is 1.88. The Bertz CT molecular complexity index is 1230. The molecule has 0 aliphatic carbocycles. The van der Waals surface area contributed by atoms with E-state index in [0.717, 1.165) is 0 Å². The molecule has 0 bridgehead atoms. The molecule has 0 amide bonds. The van der Waals surface area contributed by atoms with E-state index in [9.17, 15) is 0 Å². The van der Waals surface area contributed by atoms with E-state index in [2.05, 4.69) is 90.1 Å². The Morgan fingerprint density at radius 3 is 2.44 bits per heavy atom.